The Morgan fingerprint density at radius 1 is 1.32 bits per heavy atom. The lowest BCUT2D eigenvalue weighted by Gasteiger charge is -2.23. The Morgan fingerprint density at radius 2 is 2.12 bits per heavy atom. The molecule has 0 spiro atoms. The van der Waals surface area contributed by atoms with Gasteiger partial charge in [0.1, 0.15) is 11.4 Å². The van der Waals surface area contributed by atoms with E-state index < -0.39 is 0 Å². The van der Waals surface area contributed by atoms with Gasteiger partial charge in [-0.2, -0.15) is 0 Å². The van der Waals surface area contributed by atoms with E-state index >= 15 is 0 Å². The van der Waals surface area contributed by atoms with Gasteiger partial charge in [0, 0.05) is 11.9 Å². The zero-order chi connectivity index (χ0) is 18.0. The molecule has 2 heterocycles. The number of nitrogens with zero attached hydrogens (tertiary/aromatic N) is 4. The second kappa shape index (κ2) is 6.60. The minimum absolute atomic E-state index is 0.0960. The Hall–Kier alpha value is -2.80. The number of carbonyl (C=O) groups is 1. The summed E-state index contributed by atoms with van der Waals surface area (Å²) in [5, 5.41) is 15.5. The van der Waals surface area contributed by atoms with Crippen molar-refractivity contribution in [3.8, 4) is 0 Å². The predicted octanol–water partition coefficient (Wildman–Crippen LogP) is 2.07. The Kier molecular flexibility index (Phi) is 4.50. The molecule has 2 aromatic heterocycles. The summed E-state index contributed by atoms with van der Waals surface area (Å²) in [6, 6.07) is 5.75. The smallest absolute Gasteiger partial charge is 0.187 e. The number of anilines is 1. The van der Waals surface area contributed by atoms with Crippen LogP contribution in [0.1, 0.15) is 6.42 Å². The van der Waals surface area contributed by atoms with Crippen LogP contribution in [0.15, 0.2) is 41.5 Å². The standard InChI is InChI=1S/C18H23N6O/c1-24(2,3)11-9-20-18-17(15-6-4-5-10-23(15)22-18)21-14-8-7-13(19)12-16(14)25/h4-8,10,19H,9,11-12H2,1-3H3,(H,20,22)/q+1. The molecule has 0 aliphatic heterocycles. The van der Waals surface area contributed by atoms with E-state index in [2.05, 4.69) is 36.6 Å². The number of carbonyl (C=O) groups excluding carboxylic acids is 1. The van der Waals surface area contributed by atoms with E-state index in [9.17, 15) is 4.79 Å². The van der Waals surface area contributed by atoms with Crippen molar-refractivity contribution in [2.45, 2.75) is 6.42 Å². The molecule has 0 atom stereocenters. The number of likely N-dealkylation sites (N-methyl/N-ethyl adjacent to an activating group) is 1. The van der Waals surface area contributed by atoms with E-state index in [4.69, 9.17) is 5.41 Å². The van der Waals surface area contributed by atoms with E-state index in [0.29, 0.717) is 22.9 Å². The average molecular weight is 339 g/mol. The van der Waals surface area contributed by atoms with Gasteiger partial charge in [0.2, 0.25) is 0 Å². The number of ketones is 1. The molecule has 0 saturated heterocycles. The summed E-state index contributed by atoms with van der Waals surface area (Å²) in [6.07, 6.45) is 5.18. The lowest BCUT2D eigenvalue weighted by Crippen LogP contribution is -2.38. The Morgan fingerprint density at radius 3 is 2.84 bits per heavy atom. The third-order valence-corrected chi connectivity index (χ3v) is 3.90. The van der Waals surface area contributed by atoms with Crippen LogP contribution in [-0.2, 0) is 4.79 Å². The van der Waals surface area contributed by atoms with Gasteiger partial charge in [0.25, 0.3) is 0 Å². The molecule has 1 aliphatic rings. The third kappa shape index (κ3) is 4.00. The van der Waals surface area contributed by atoms with Gasteiger partial charge >= 0.3 is 0 Å². The van der Waals surface area contributed by atoms with Gasteiger partial charge in [0.05, 0.1) is 46.2 Å². The second-order valence-electron chi connectivity index (χ2n) is 7.12. The number of quaternary nitrogens is 1. The van der Waals surface area contributed by atoms with Crippen molar-refractivity contribution in [1.82, 2.24) is 9.61 Å². The summed E-state index contributed by atoms with van der Waals surface area (Å²) in [7, 11) is 6.40. The van der Waals surface area contributed by atoms with Crippen molar-refractivity contribution >= 4 is 34.2 Å². The molecular formula is C18H23N6O+. The molecule has 3 rings (SSSR count). The number of nitrogens with one attached hydrogen (secondary N) is 2. The molecule has 0 unspecified atom stereocenters. The van der Waals surface area contributed by atoms with Crippen molar-refractivity contribution < 1.29 is 9.28 Å². The topological polar surface area (TPSA) is 82.6 Å². The molecular weight excluding hydrogens is 316 g/mol. The number of hydrogen-bond acceptors (Lipinski definition) is 5. The van der Waals surface area contributed by atoms with Gasteiger partial charge in [-0.3, -0.25) is 4.79 Å². The highest BCUT2D eigenvalue weighted by Gasteiger charge is 2.19. The lowest BCUT2D eigenvalue weighted by molar-refractivity contribution is -0.868. The first-order chi connectivity index (χ1) is 11.8. The molecule has 25 heavy (non-hydrogen) atoms. The Bertz CT molecular complexity index is 885. The summed E-state index contributed by atoms with van der Waals surface area (Å²) in [6.45, 7) is 1.68. The number of allylic oxidation sites excluding steroid dienone is 2. The van der Waals surface area contributed by atoms with Crippen LogP contribution in [0.4, 0.5) is 11.5 Å². The Balaban J connectivity index is 1.97. The average Bonchev–Trinajstić information content (AvgIpc) is 2.87. The molecule has 0 bridgehead atoms. The molecule has 0 saturated carbocycles. The molecule has 130 valence electrons. The highest BCUT2D eigenvalue weighted by Crippen LogP contribution is 2.30. The molecule has 2 aromatic rings. The first-order valence-corrected chi connectivity index (χ1v) is 8.22. The van der Waals surface area contributed by atoms with Crippen LogP contribution in [0.3, 0.4) is 0 Å². The minimum Gasteiger partial charge on any atom is -0.361 e. The van der Waals surface area contributed by atoms with Gasteiger partial charge in [0.15, 0.2) is 11.6 Å². The first kappa shape index (κ1) is 17.0. The van der Waals surface area contributed by atoms with Crippen molar-refractivity contribution in [2.24, 2.45) is 4.99 Å². The fourth-order valence-electron chi connectivity index (χ4n) is 2.54. The minimum atomic E-state index is -0.139. The SMILES string of the molecule is C[N+](C)(C)CCNc1nn2ccccc2c1N=C1C=CC(=N)CC1=O. The summed E-state index contributed by atoms with van der Waals surface area (Å²) in [4.78, 5) is 16.7. The van der Waals surface area contributed by atoms with Gasteiger partial charge < -0.3 is 15.2 Å². The number of fused-ring (bicyclic) bond motifs is 1. The lowest BCUT2D eigenvalue weighted by atomic mass is 10.0. The van der Waals surface area contributed by atoms with Gasteiger partial charge in [-0.15, -0.1) is 5.10 Å². The number of hydrogen-bond donors (Lipinski definition) is 2. The molecule has 0 amide bonds. The van der Waals surface area contributed by atoms with Crippen LogP contribution in [0.5, 0.6) is 0 Å². The molecule has 7 nitrogen and oxygen atoms in total. The zero-order valence-electron chi connectivity index (χ0n) is 14.8. The van der Waals surface area contributed by atoms with Crippen LogP contribution in [0.2, 0.25) is 0 Å². The van der Waals surface area contributed by atoms with Gasteiger partial charge in [-0.1, -0.05) is 6.07 Å². The van der Waals surface area contributed by atoms with Crippen molar-refractivity contribution in [3.05, 3.63) is 36.5 Å². The predicted molar refractivity (Wildman–Crippen MR) is 100 cm³/mol. The van der Waals surface area contributed by atoms with Crippen LogP contribution in [0, 0.1) is 5.41 Å². The zero-order valence-corrected chi connectivity index (χ0v) is 14.8. The number of rotatable bonds is 5. The van der Waals surface area contributed by atoms with Gasteiger partial charge in [-0.05, 0) is 24.3 Å². The number of aromatic nitrogens is 2. The van der Waals surface area contributed by atoms with E-state index in [-0.39, 0.29) is 12.2 Å². The molecule has 7 heteroatoms. The van der Waals surface area contributed by atoms with Crippen LogP contribution >= 0.6 is 0 Å². The summed E-state index contributed by atoms with van der Waals surface area (Å²) in [5.74, 6) is 0.522. The third-order valence-electron chi connectivity index (χ3n) is 3.90. The van der Waals surface area contributed by atoms with E-state index in [1.165, 1.54) is 0 Å². The van der Waals surface area contributed by atoms with Crippen molar-refractivity contribution in [1.29, 1.82) is 5.41 Å². The van der Waals surface area contributed by atoms with Gasteiger partial charge in [-0.25, -0.2) is 9.51 Å². The number of pyridine rings is 1. The number of aliphatic imine (C=N–C) groups is 1. The molecule has 0 aromatic carbocycles. The van der Waals surface area contributed by atoms with E-state index in [1.54, 1.807) is 16.7 Å². The van der Waals surface area contributed by atoms with Crippen LogP contribution in [0.25, 0.3) is 5.52 Å². The maximum Gasteiger partial charge on any atom is 0.187 e. The Labute approximate surface area is 146 Å². The molecule has 0 radical (unpaired) electrons. The molecule has 0 fully saturated rings. The summed E-state index contributed by atoms with van der Waals surface area (Å²) < 4.78 is 2.60. The van der Waals surface area contributed by atoms with Crippen molar-refractivity contribution in [2.75, 3.05) is 39.5 Å². The van der Waals surface area contributed by atoms with Crippen LogP contribution < -0.4 is 5.32 Å². The van der Waals surface area contributed by atoms with E-state index in [0.717, 1.165) is 23.1 Å². The highest BCUT2D eigenvalue weighted by atomic mass is 16.1. The van der Waals surface area contributed by atoms with Crippen molar-refractivity contribution in [3.63, 3.8) is 0 Å². The normalized spacial score (nSPS) is 16.8. The second-order valence-corrected chi connectivity index (χ2v) is 7.12. The summed E-state index contributed by atoms with van der Waals surface area (Å²) in [5.41, 5.74) is 2.17. The monoisotopic (exact) mass is 339 g/mol. The number of Topliss-reactive ketones (excluding diaryl/α,β-unsaturated/α-hetero) is 1. The highest BCUT2D eigenvalue weighted by molar-refractivity contribution is 6.50. The molecule has 2 N–H and O–H groups in total. The maximum absolute atomic E-state index is 12.2. The van der Waals surface area contributed by atoms with E-state index in [1.807, 2.05) is 24.4 Å². The van der Waals surface area contributed by atoms with Crippen LogP contribution in [-0.4, -0.2) is 65.5 Å². The first-order valence-electron chi connectivity index (χ1n) is 8.22. The summed E-state index contributed by atoms with van der Waals surface area (Å²) >= 11 is 0. The quantitative estimate of drug-likeness (QED) is 0.818. The fourth-order valence-corrected chi connectivity index (χ4v) is 2.54. The molecule has 1 aliphatic carbocycles. The maximum atomic E-state index is 12.2. The largest absolute Gasteiger partial charge is 0.361 e. The fraction of sp³-hybridized carbons (Fsp3) is 0.333.